The van der Waals surface area contributed by atoms with Crippen molar-refractivity contribution >= 4 is 5.97 Å². The van der Waals surface area contributed by atoms with Crippen LogP contribution in [-0.4, -0.2) is 35.6 Å². The molecule has 0 unspecified atom stereocenters. The van der Waals surface area contributed by atoms with E-state index in [1.165, 1.54) is 25.7 Å². The number of likely N-dealkylation sites (tertiary alicyclic amines) is 1. The fourth-order valence-corrected chi connectivity index (χ4v) is 1.90. The van der Waals surface area contributed by atoms with E-state index in [0.717, 1.165) is 26.1 Å². The average molecular weight is 213 g/mol. The van der Waals surface area contributed by atoms with Gasteiger partial charge in [-0.1, -0.05) is 12.8 Å². The maximum absolute atomic E-state index is 10.9. The first-order chi connectivity index (χ1) is 7.02. The van der Waals surface area contributed by atoms with Gasteiger partial charge in [-0.2, -0.15) is 0 Å². The van der Waals surface area contributed by atoms with Gasteiger partial charge in [0.05, 0.1) is 5.41 Å². The van der Waals surface area contributed by atoms with Crippen molar-refractivity contribution in [1.82, 2.24) is 4.90 Å². The molecule has 0 aromatic carbocycles. The van der Waals surface area contributed by atoms with Gasteiger partial charge in [-0.15, -0.1) is 0 Å². The predicted molar refractivity (Wildman–Crippen MR) is 60.9 cm³/mol. The van der Waals surface area contributed by atoms with E-state index in [0.29, 0.717) is 0 Å². The molecule has 0 aliphatic carbocycles. The molecular weight excluding hydrogens is 190 g/mol. The molecule has 0 aromatic heterocycles. The van der Waals surface area contributed by atoms with E-state index >= 15 is 0 Å². The van der Waals surface area contributed by atoms with Gasteiger partial charge in [-0.05, 0) is 52.7 Å². The third-order valence-electron chi connectivity index (χ3n) is 3.33. The number of hydrogen-bond donors (Lipinski definition) is 1. The van der Waals surface area contributed by atoms with E-state index < -0.39 is 11.4 Å². The van der Waals surface area contributed by atoms with Crippen molar-refractivity contribution in [3.8, 4) is 0 Å². The van der Waals surface area contributed by atoms with Crippen LogP contribution in [-0.2, 0) is 4.79 Å². The van der Waals surface area contributed by atoms with Gasteiger partial charge < -0.3 is 10.0 Å². The molecule has 1 N–H and O–H groups in total. The second kappa shape index (κ2) is 5.50. The number of rotatable bonds is 4. The van der Waals surface area contributed by atoms with Crippen molar-refractivity contribution in [2.45, 2.75) is 46.0 Å². The lowest BCUT2D eigenvalue weighted by Crippen LogP contribution is -2.32. The monoisotopic (exact) mass is 213 g/mol. The Labute approximate surface area is 92.5 Å². The summed E-state index contributed by atoms with van der Waals surface area (Å²) in [7, 11) is 0. The first-order valence-corrected chi connectivity index (χ1v) is 5.98. The topological polar surface area (TPSA) is 40.5 Å². The molecule has 1 saturated heterocycles. The number of hydrogen-bond acceptors (Lipinski definition) is 2. The van der Waals surface area contributed by atoms with Gasteiger partial charge in [0.1, 0.15) is 0 Å². The largest absolute Gasteiger partial charge is 0.481 e. The summed E-state index contributed by atoms with van der Waals surface area (Å²) in [5.74, 6) is -0.683. The van der Waals surface area contributed by atoms with E-state index in [2.05, 4.69) is 4.90 Å². The third-order valence-corrected chi connectivity index (χ3v) is 3.33. The molecule has 3 heteroatoms. The number of carboxylic acids is 1. The smallest absolute Gasteiger partial charge is 0.309 e. The highest BCUT2D eigenvalue weighted by molar-refractivity contribution is 5.73. The first-order valence-electron chi connectivity index (χ1n) is 5.98. The average Bonchev–Trinajstić information content (AvgIpc) is 2.42. The maximum Gasteiger partial charge on any atom is 0.309 e. The third kappa shape index (κ3) is 4.20. The predicted octanol–water partition coefficient (Wildman–Crippen LogP) is 2.36. The molecular formula is C12H23NO2. The summed E-state index contributed by atoms with van der Waals surface area (Å²) in [5.41, 5.74) is -0.577. The van der Waals surface area contributed by atoms with Gasteiger partial charge >= 0.3 is 5.97 Å². The molecule has 0 bridgehead atoms. The molecule has 0 saturated carbocycles. The van der Waals surface area contributed by atoms with E-state index in [1.54, 1.807) is 0 Å². The number of carboxylic acid groups (broad SMARTS) is 1. The Kier molecular flexibility index (Phi) is 4.58. The summed E-state index contributed by atoms with van der Waals surface area (Å²) in [6, 6.07) is 0. The highest BCUT2D eigenvalue weighted by Crippen LogP contribution is 2.21. The molecule has 3 nitrogen and oxygen atoms in total. The van der Waals surface area contributed by atoms with Crippen molar-refractivity contribution < 1.29 is 9.90 Å². The van der Waals surface area contributed by atoms with E-state index in [9.17, 15) is 4.79 Å². The van der Waals surface area contributed by atoms with Crippen LogP contribution in [0.5, 0.6) is 0 Å². The van der Waals surface area contributed by atoms with Crippen LogP contribution in [0.2, 0.25) is 0 Å². The number of carbonyl (C=O) groups is 1. The van der Waals surface area contributed by atoms with E-state index in [4.69, 9.17) is 5.11 Å². The molecule has 1 aliphatic heterocycles. The van der Waals surface area contributed by atoms with Crippen LogP contribution in [0, 0.1) is 5.41 Å². The van der Waals surface area contributed by atoms with Gasteiger partial charge in [0, 0.05) is 0 Å². The van der Waals surface area contributed by atoms with Gasteiger partial charge in [0.15, 0.2) is 0 Å². The van der Waals surface area contributed by atoms with Gasteiger partial charge in [-0.3, -0.25) is 4.79 Å². The molecule has 1 aliphatic rings. The lowest BCUT2D eigenvalue weighted by atomic mass is 9.89. The van der Waals surface area contributed by atoms with Crippen LogP contribution in [0.1, 0.15) is 46.0 Å². The lowest BCUT2D eigenvalue weighted by Gasteiger charge is -2.25. The van der Waals surface area contributed by atoms with Crippen molar-refractivity contribution in [2.75, 3.05) is 19.6 Å². The Bertz CT molecular complexity index is 206. The fraction of sp³-hybridized carbons (Fsp3) is 0.917. The summed E-state index contributed by atoms with van der Waals surface area (Å²) >= 11 is 0. The molecule has 1 fully saturated rings. The number of nitrogens with zero attached hydrogens (tertiary/aromatic N) is 1. The summed E-state index contributed by atoms with van der Waals surface area (Å²) in [5, 5.41) is 9.01. The minimum Gasteiger partial charge on any atom is -0.481 e. The minimum atomic E-state index is -0.683. The zero-order chi connectivity index (χ0) is 11.3. The van der Waals surface area contributed by atoms with Crippen LogP contribution in [0.15, 0.2) is 0 Å². The fourth-order valence-electron chi connectivity index (χ4n) is 1.90. The molecule has 1 heterocycles. The quantitative estimate of drug-likeness (QED) is 0.779. The van der Waals surface area contributed by atoms with Gasteiger partial charge in [-0.25, -0.2) is 0 Å². The second-order valence-electron chi connectivity index (χ2n) is 5.19. The SMILES string of the molecule is CC(C)(CCN1CCCCCC1)C(=O)O. The zero-order valence-electron chi connectivity index (χ0n) is 9.96. The van der Waals surface area contributed by atoms with Crippen molar-refractivity contribution in [1.29, 1.82) is 0 Å². The normalized spacial score (nSPS) is 19.9. The van der Waals surface area contributed by atoms with Crippen LogP contribution in [0.25, 0.3) is 0 Å². The molecule has 0 amide bonds. The van der Waals surface area contributed by atoms with Crippen LogP contribution < -0.4 is 0 Å². The summed E-state index contributed by atoms with van der Waals surface area (Å²) in [4.78, 5) is 13.4. The molecule has 0 aromatic rings. The van der Waals surface area contributed by atoms with Crippen molar-refractivity contribution in [3.63, 3.8) is 0 Å². The Hall–Kier alpha value is -0.570. The Morgan fingerprint density at radius 3 is 2.20 bits per heavy atom. The molecule has 15 heavy (non-hydrogen) atoms. The molecule has 0 radical (unpaired) electrons. The van der Waals surface area contributed by atoms with Crippen LogP contribution in [0.4, 0.5) is 0 Å². The van der Waals surface area contributed by atoms with Crippen molar-refractivity contribution in [2.24, 2.45) is 5.41 Å². The number of aliphatic carboxylic acids is 1. The van der Waals surface area contributed by atoms with E-state index in [-0.39, 0.29) is 0 Å². The first kappa shape index (κ1) is 12.5. The summed E-state index contributed by atoms with van der Waals surface area (Å²) < 4.78 is 0. The summed E-state index contributed by atoms with van der Waals surface area (Å²) in [6.07, 6.45) is 5.96. The standard InChI is InChI=1S/C12H23NO2/c1-12(2,11(14)15)7-10-13-8-5-3-4-6-9-13/h3-10H2,1-2H3,(H,14,15). The Balaban J connectivity index is 2.31. The minimum absolute atomic E-state index is 0.577. The second-order valence-corrected chi connectivity index (χ2v) is 5.19. The molecule has 1 rings (SSSR count). The maximum atomic E-state index is 10.9. The van der Waals surface area contributed by atoms with E-state index in [1.807, 2.05) is 13.8 Å². The lowest BCUT2D eigenvalue weighted by molar-refractivity contribution is -0.147. The summed E-state index contributed by atoms with van der Waals surface area (Å²) in [6.45, 7) is 6.85. The zero-order valence-corrected chi connectivity index (χ0v) is 9.96. The van der Waals surface area contributed by atoms with Crippen LogP contribution >= 0.6 is 0 Å². The Morgan fingerprint density at radius 1 is 1.20 bits per heavy atom. The van der Waals surface area contributed by atoms with Gasteiger partial charge in [0.2, 0.25) is 0 Å². The van der Waals surface area contributed by atoms with Crippen molar-refractivity contribution in [3.05, 3.63) is 0 Å². The van der Waals surface area contributed by atoms with Gasteiger partial charge in [0.25, 0.3) is 0 Å². The molecule has 88 valence electrons. The Morgan fingerprint density at radius 2 is 1.73 bits per heavy atom. The molecule has 0 atom stereocenters. The highest BCUT2D eigenvalue weighted by Gasteiger charge is 2.27. The molecule has 0 spiro atoms. The van der Waals surface area contributed by atoms with Crippen LogP contribution in [0.3, 0.4) is 0 Å². The highest BCUT2D eigenvalue weighted by atomic mass is 16.4.